The van der Waals surface area contributed by atoms with Crippen molar-refractivity contribution >= 4 is 38.9 Å². The molecule has 0 saturated carbocycles. The highest BCUT2D eigenvalue weighted by Gasteiger charge is 2.23. The molecular weight excluding hydrogens is 348 g/mol. The Morgan fingerprint density at radius 3 is 2.42 bits per heavy atom. The van der Waals surface area contributed by atoms with Crippen molar-refractivity contribution < 1.29 is 18.0 Å². The molecule has 1 fully saturated rings. The van der Waals surface area contributed by atoms with Gasteiger partial charge in [-0.25, -0.2) is 13.1 Å². The van der Waals surface area contributed by atoms with E-state index >= 15 is 0 Å². The minimum Gasteiger partial charge on any atom is -0.312 e. The lowest BCUT2D eigenvalue weighted by atomic mass is 10.2. The van der Waals surface area contributed by atoms with E-state index in [1.165, 1.54) is 18.2 Å². The Kier molecular flexibility index (Phi) is 4.42. The van der Waals surface area contributed by atoms with Crippen molar-refractivity contribution in [1.82, 2.24) is 4.72 Å². The number of amides is 2. The van der Waals surface area contributed by atoms with E-state index in [0.29, 0.717) is 18.7 Å². The van der Waals surface area contributed by atoms with Crippen LogP contribution in [0.25, 0.3) is 0 Å². The zero-order chi connectivity index (χ0) is 17.3. The number of carbonyl (C=O) groups is 2. The molecule has 0 radical (unpaired) electrons. The number of thiophene rings is 1. The Labute approximate surface area is 144 Å². The number of nitrogens with one attached hydrogen (secondary N) is 1. The summed E-state index contributed by atoms with van der Waals surface area (Å²) in [6.45, 7) is 2.46. The number of hydrogen-bond donors (Lipinski definition) is 1. The molecule has 3 rings (SSSR count). The summed E-state index contributed by atoms with van der Waals surface area (Å²) in [5, 5.41) is 0. The van der Waals surface area contributed by atoms with Gasteiger partial charge in [-0.05, 0) is 49.7 Å². The summed E-state index contributed by atoms with van der Waals surface area (Å²) in [4.78, 5) is 26.4. The molecule has 6 nitrogen and oxygen atoms in total. The molecule has 1 aromatic carbocycles. The van der Waals surface area contributed by atoms with Crippen LogP contribution in [0.5, 0.6) is 0 Å². The fourth-order valence-electron chi connectivity index (χ4n) is 2.50. The van der Waals surface area contributed by atoms with E-state index in [1.807, 2.05) is 0 Å². The van der Waals surface area contributed by atoms with Gasteiger partial charge in [-0.15, -0.1) is 11.3 Å². The first-order valence-electron chi connectivity index (χ1n) is 7.41. The summed E-state index contributed by atoms with van der Waals surface area (Å²) in [5.74, 6) is -0.636. The number of benzene rings is 1. The lowest BCUT2D eigenvalue weighted by molar-refractivity contribution is -0.117. The van der Waals surface area contributed by atoms with Crippen LogP contribution in [0.1, 0.15) is 28.1 Å². The SMILES string of the molecule is Cc1ccc(S(=O)(=O)NC(=O)c2ccc(N3CCCC3=O)cc2)s1. The fraction of sp³-hybridized carbons (Fsp3) is 0.250. The molecule has 1 aliphatic heterocycles. The Hall–Kier alpha value is -2.19. The first-order valence-corrected chi connectivity index (χ1v) is 9.71. The molecule has 0 unspecified atom stereocenters. The van der Waals surface area contributed by atoms with Gasteiger partial charge in [0.15, 0.2) is 0 Å². The Morgan fingerprint density at radius 2 is 1.88 bits per heavy atom. The van der Waals surface area contributed by atoms with Gasteiger partial charge in [0.2, 0.25) is 5.91 Å². The molecule has 1 aliphatic rings. The van der Waals surface area contributed by atoms with E-state index < -0.39 is 15.9 Å². The average Bonchev–Trinajstić information content (AvgIpc) is 3.16. The standard InChI is InChI=1S/C16H16N2O4S2/c1-11-4-9-15(23-11)24(21,22)17-16(20)12-5-7-13(8-6-12)18-10-2-3-14(18)19/h4-9H,2-3,10H2,1H3,(H,17,20). The molecule has 0 aliphatic carbocycles. The number of carbonyl (C=O) groups excluding carboxylic acids is 2. The van der Waals surface area contributed by atoms with E-state index in [0.717, 1.165) is 22.6 Å². The van der Waals surface area contributed by atoms with Crippen LogP contribution in [0.3, 0.4) is 0 Å². The monoisotopic (exact) mass is 364 g/mol. The van der Waals surface area contributed by atoms with E-state index in [-0.39, 0.29) is 15.7 Å². The number of anilines is 1. The number of aryl methyl sites for hydroxylation is 1. The van der Waals surface area contributed by atoms with E-state index in [2.05, 4.69) is 4.72 Å². The van der Waals surface area contributed by atoms with Crippen molar-refractivity contribution in [3.05, 3.63) is 46.8 Å². The van der Waals surface area contributed by atoms with Crippen molar-refractivity contribution in [3.8, 4) is 0 Å². The molecule has 0 spiro atoms. The molecule has 2 amide bonds. The Balaban J connectivity index is 1.74. The fourth-order valence-corrected chi connectivity index (χ4v) is 4.76. The lowest BCUT2D eigenvalue weighted by Crippen LogP contribution is -2.30. The highest BCUT2D eigenvalue weighted by molar-refractivity contribution is 7.92. The van der Waals surface area contributed by atoms with Crippen LogP contribution >= 0.6 is 11.3 Å². The van der Waals surface area contributed by atoms with Gasteiger partial charge in [-0.3, -0.25) is 9.59 Å². The number of nitrogens with zero attached hydrogens (tertiary/aromatic N) is 1. The highest BCUT2D eigenvalue weighted by Crippen LogP contribution is 2.23. The van der Waals surface area contributed by atoms with Gasteiger partial charge in [0, 0.05) is 29.1 Å². The van der Waals surface area contributed by atoms with Gasteiger partial charge in [0.05, 0.1) is 0 Å². The maximum Gasteiger partial charge on any atom is 0.273 e. The smallest absolute Gasteiger partial charge is 0.273 e. The van der Waals surface area contributed by atoms with Crippen LogP contribution in [0.2, 0.25) is 0 Å². The largest absolute Gasteiger partial charge is 0.312 e. The average molecular weight is 364 g/mol. The maximum absolute atomic E-state index is 12.2. The van der Waals surface area contributed by atoms with Gasteiger partial charge < -0.3 is 4.90 Å². The van der Waals surface area contributed by atoms with Gasteiger partial charge in [-0.1, -0.05) is 0 Å². The second kappa shape index (κ2) is 6.37. The molecule has 1 aromatic heterocycles. The minimum atomic E-state index is -3.87. The van der Waals surface area contributed by atoms with Crippen molar-refractivity contribution in [2.75, 3.05) is 11.4 Å². The third-order valence-electron chi connectivity index (χ3n) is 3.72. The molecule has 0 bridgehead atoms. The summed E-state index contributed by atoms with van der Waals surface area (Å²) in [7, 11) is -3.87. The molecule has 8 heteroatoms. The Morgan fingerprint density at radius 1 is 1.17 bits per heavy atom. The summed E-state index contributed by atoms with van der Waals surface area (Å²) < 4.78 is 26.5. The molecule has 126 valence electrons. The third-order valence-corrected chi connectivity index (χ3v) is 6.55. The topological polar surface area (TPSA) is 83.6 Å². The highest BCUT2D eigenvalue weighted by atomic mass is 32.2. The van der Waals surface area contributed by atoms with Crippen LogP contribution in [-0.4, -0.2) is 26.8 Å². The quantitative estimate of drug-likeness (QED) is 0.902. The maximum atomic E-state index is 12.2. The molecule has 2 aromatic rings. The van der Waals surface area contributed by atoms with Crippen LogP contribution in [0, 0.1) is 6.92 Å². The summed E-state index contributed by atoms with van der Waals surface area (Å²) >= 11 is 1.10. The van der Waals surface area contributed by atoms with Gasteiger partial charge in [0.1, 0.15) is 4.21 Å². The van der Waals surface area contributed by atoms with Crippen molar-refractivity contribution in [2.45, 2.75) is 24.0 Å². The number of sulfonamides is 1. The molecular formula is C16H16N2O4S2. The van der Waals surface area contributed by atoms with Crippen molar-refractivity contribution in [3.63, 3.8) is 0 Å². The Bertz CT molecular complexity index is 885. The summed E-state index contributed by atoms with van der Waals surface area (Å²) in [5.41, 5.74) is 0.938. The first-order chi connectivity index (χ1) is 11.4. The zero-order valence-corrected chi connectivity index (χ0v) is 14.6. The number of hydrogen-bond acceptors (Lipinski definition) is 5. The first kappa shape index (κ1) is 16.7. The molecule has 24 heavy (non-hydrogen) atoms. The zero-order valence-electron chi connectivity index (χ0n) is 13.0. The second-order valence-electron chi connectivity index (χ2n) is 5.50. The lowest BCUT2D eigenvalue weighted by Gasteiger charge is -2.15. The second-order valence-corrected chi connectivity index (χ2v) is 8.69. The molecule has 2 heterocycles. The predicted molar refractivity (Wildman–Crippen MR) is 91.7 cm³/mol. The predicted octanol–water partition coefficient (Wildman–Crippen LogP) is 2.30. The molecule has 0 atom stereocenters. The van der Waals surface area contributed by atoms with Gasteiger partial charge in [0.25, 0.3) is 15.9 Å². The summed E-state index contributed by atoms with van der Waals surface area (Å²) in [6.07, 6.45) is 1.35. The van der Waals surface area contributed by atoms with Crippen LogP contribution in [0.15, 0.2) is 40.6 Å². The van der Waals surface area contributed by atoms with Crippen molar-refractivity contribution in [2.24, 2.45) is 0 Å². The molecule has 1 saturated heterocycles. The van der Waals surface area contributed by atoms with Crippen LogP contribution in [-0.2, 0) is 14.8 Å². The van der Waals surface area contributed by atoms with Crippen LogP contribution in [0.4, 0.5) is 5.69 Å². The number of rotatable bonds is 4. The third kappa shape index (κ3) is 3.34. The van der Waals surface area contributed by atoms with E-state index in [1.54, 1.807) is 30.0 Å². The van der Waals surface area contributed by atoms with Gasteiger partial charge >= 0.3 is 0 Å². The normalized spacial score (nSPS) is 14.9. The van der Waals surface area contributed by atoms with Crippen LogP contribution < -0.4 is 9.62 Å². The van der Waals surface area contributed by atoms with E-state index in [9.17, 15) is 18.0 Å². The van der Waals surface area contributed by atoms with Crippen molar-refractivity contribution in [1.29, 1.82) is 0 Å². The molecule has 1 N–H and O–H groups in total. The van der Waals surface area contributed by atoms with Gasteiger partial charge in [-0.2, -0.15) is 0 Å². The minimum absolute atomic E-state index is 0.0582. The summed E-state index contributed by atoms with van der Waals surface area (Å²) in [6, 6.07) is 9.50. The van der Waals surface area contributed by atoms with E-state index in [4.69, 9.17) is 0 Å².